The van der Waals surface area contributed by atoms with Crippen molar-refractivity contribution in [3.8, 4) is 0 Å². The van der Waals surface area contributed by atoms with E-state index in [1.54, 1.807) is 6.07 Å². The monoisotopic (exact) mass is 348 g/mol. The molecule has 25 heavy (non-hydrogen) atoms. The Kier molecular flexibility index (Phi) is 4.24. The van der Waals surface area contributed by atoms with Crippen LogP contribution < -0.4 is 5.32 Å². The second-order valence-electron chi connectivity index (χ2n) is 5.85. The topological polar surface area (TPSA) is 55.1 Å². The van der Waals surface area contributed by atoms with Crippen molar-refractivity contribution in [2.75, 3.05) is 5.32 Å². The van der Waals surface area contributed by atoms with Gasteiger partial charge < -0.3 is 9.84 Å². The first-order valence-electron chi connectivity index (χ1n) is 7.57. The fourth-order valence-electron chi connectivity index (χ4n) is 2.83. The molecule has 130 valence electrons. The molecule has 0 aliphatic rings. The smallest absolute Gasteiger partial charge is 0.356 e. The summed E-state index contributed by atoms with van der Waals surface area (Å²) in [6, 6.07) is 8.58. The van der Waals surface area contributed by atoms with Gasteiger partial charge in [-0.25, -0.2) is 0 Å². The van der Waals surface area contributed by atoms with E-state index in [4.69, 9.17) is 4.52 Å². The Hall–Kier alpha value is -2.83. The molecule has 2 aromatic carbocycles. The van der Waals surface area contributed by atoms with Gasteiger partial charge in [-0.15, -0.1) is 0 Å². The molecule has 0 radical (unpaired) electrons. The molecule has 0 saturated carbocycles. The molecule has 1 aromatic heterocycles. The zero-order valence-electron chi connectivity index (χ0n) is 13.6. The number of alkyl halides is 3. The van der Waals surface area contributed by atoms with Gasteiger partial charge in [-0.05, 0) is 43.2 Å². The van der Waals surface area contributed by atoms with Gasteiger partial charge in [0.1, 0.15) is 5.69 Å². The van der Waals surface area contributed by atoms with Gasteiger partial charge in [0.25, 0.3) is 0 Å². The Morgan fingerprint density at radius 2 is 1.92 bits per heavy atom. The van der Waals surface area contributed by atoms with E-state index >= 15 is 0 Å². The third-order valence-corrected chi connectivity index (χ3v) is 3.82. The van der Waals surface area contributed by atoms with E-state index in [0.29, 0.717) is 16.7 Å². The maximum absolute atomic E-state index is 13.0. The molecule has 0 aliphatic heterocycles. The van der Waals surface area contributed by atoms with Crippen molar-refractivity contribution in [1.82, 2.24) is 5.16 Å². The van der Waals surface area contributed by atoms with Crippen molar-refractivity contribution in [3.05, 3.63) is 58.8 Å². The van der Waals surface area contributed by atoms with Crippen LogP contribution in [-0.2, 0) is 17.4 Å². The summed E-state index contributed by atoms with van der Waals surface area (Å²) in [5, 5.41) is 6.92. The molecule has 1 heterocycles. The number of aromatic nitrogens is 1. The van der Waals surface area contributed by atoms with E-state index in [-0.39, 0.29) is 12.1 Å². The van der Waals surface area contributed by atoms with E-state index in [2.05, 4.69) is 10.5 Å². The SMILES string of the molecule is Cc1cc(C)c2c(CC(=O)Nc3ccccc3C(F)(F)F)noc2c1. The van der Waals surface area contributed by atoms with Gasteiger partial charge in [0, 0.05) is 5.39 Å². The van der Waals surface area contributed by atoms with E-state index < -0.39 is 17.6 Å². The van der Waals surface area contributed by atoms with Crippen molar-refractivity contribution in [2.45, 2.75) is 26.4 Å². The second-order valence-corrected chi connectivity index (χ2v) is 5.85. The number of amides is 1. The number of aryl methyl sites for hydroxylation is 2. The van der Waals surface area contributed by atoms with Crippen LogP contribution in [0.1, 0.15) is 22.4 Å². The fraction of sp³-hybridized carbons (Fsp3) is 0.222. The quantitative estimate of drug-likeness (QED) is 0.750. The van der Waals surface area contributed by atoms with Crippen molar-refractivity contribution in [3.63, 3.8) is 0 Å². The number of nitrogens with one attached hydrogen (secondary N) is 1. The summed E-state index contributed by atoms with van der Waals surface area (Å²) in [6.07, 6.45) is -4.72. The lowest BCUT2D eigenvalue weighted by molar-refractivity contribution is -0.137. The Labute approximate surface area is 141 Å². The minimum atomic E-state index is -4.54. The van der Waals surface area contributed by atoms with Gasteiger partial charge in [-0.2, -0.15) is 13.2 Å². The highest BCUT2D eigenvalue weighted by atomic mass is 19.4. The van der Waals surface area contributed by atoms with Crippen LogP contribution in [0.2, 0.25) is 0 Å². The van der Waals surface area contributed by atoms with E-state index in [9.17, 15) is 18.0 Å². The van der Waals surface area contributed by atoms with Gasteiger partial charge in [-0.1, -0.05) is 23.4 Å². The Balaban J connectivity index is 1.85. The molecule has 0 bridgehead atoms. The highest BCUT2D eigenvalue weighted by Gasteiger charge is 2.33. The Bertz CT molecular complexity index is 945. The van der Waals surface area contributed by atoms with Gasteiger partial charge in [0.15, 0.2) is 5.58 Å². The van der Waals surface area contributed by atoms with Gasteiger partial charge in [0.2, 0.25) is 5.91 Å². The minimum absolute atomic E-state index is 0.177. The number of halogens is 3. The zero-order valence-corrected chi connectivity index (χ0v) is 13.6. The Morgan fingerprint density at radius 1 is 1.20 bits per heavy atom. The van der Waals surface area contributed by atoms with Crippen molar-refractivity contribution in [2.24, 2.45) is 0 Å². The molecule has 0 spiro atoms. The predicted molar refractivity (Wildman–Crippen MR) is 87.3 cm³/mol. The third-order valence-electron chi connectivity index (χ3n) is 3.82. The molecule has 0 saturated heterocycles. The lowest BCUT2D eigenvalue weighted by Gasteiger charge is -2.13. The van der Waals surface area contributed by atoms with Gasteiger partial charge in [-0.3, -0.25) is 4.79 Å². The molecule has 3 rings (SSSR count). The first-order chi connectivity index (χ1) is 11.8. The molecular formula is C18H15F3N2O2. The van der Waals surface area contributed by atoms with E-state index in [1.165, 1.54) is 18.2 Å². The number of carbonyl (C=O) groups excluding carboxylic acids is 1. The van der Waals surface area contributed by atoms with Crippen LogP contribution in [0.5, 0.6) is 0 Å². The number of rotatable bonds is 3. The van der Waals surface area contributed by atoms with Crippen LogP contribution in [0.15, 0.2) is 40.9 Å². The van der Waals surface area contributed by atoms with E-state index in [1.807, 2.05) is 19.9 Å². The summed E-state index contributed by atoms with van der Waals surface area (Å²) in [7, 11) is 0. The molecule has 0 unspecified atom stereocenters. The standard InChI is InChI=1S/C18H15F3N2O2/c1-10-7-11(2)17-14(23-25-15(17)8-10)9-16(24)22-13-6-4-3-5-12(13)18(19,20)21/h3-8H,9H2,1-2H3,(H,22,24). The third kappa shape index (κ3) is 3.50. The van der Waals surface area contributed by atoms with Gasteiger partial charge in [0.05, 0.1) is 17.7 Å². The largest absolute Gasteiger partial charge is 0.418 e. The summed E-state index contributed by atoms with van der Waals surface area (Å²) < 4.78 is 44.2. The van der Waals surface area contributed by atoms with Crippen LogP contribution in [0.4, 0.5) is 18.9 Å². The molecule has 1 amide bonds. The number of carbonyl (C=O) groups is 1. The molecule has 0 atom stereocenters. The van der Waals surface area contributed by atoms with Crippen LogP contribution in [-0.4, -0.2) is 11.1 Å². The lowest BCUT2D eigenvalue weighted by atomic mass is 10.0. The number of nitrogens with zero attached hydrogens (tertiary/aromatic N) is 1. The molecular weight excluding hydrogens is 333 g/mol. The summed E-state index contributed by atoms with van der Waals surface area (Å²) in [6.45, 7) is 3.78. The van der Waals surface area contributed by atoms with Crippen LogP contribution in [0.25, 0.3) is 11.0 Å². The Morgan fingerprint density at radius 3 is 2.64 bits per heavy atom. The van der Waals surface area contributed by atoms with Crippen LogP contribution in [0.3, 0.4) is 0 Å². The molecule has 3 aromatic rings. The zero-order chi connectivity index (χ0) is 18.2. The van der Waals surface area contributed by atoms with Crippen molar-refractivity contribution >= 4 is 22.6 Å². The second kappa shape index (κ2) is 6.23. The van der Waals surface area contributed by atoms with Crippen molar-refractivity contribution in [1.29, 1.82) is 0 Å². The summed E-state index contributed by atoms with van der Waals surface area (Å²) >= 11 is 0. The van der Waals surface area contributed by atoms with Crippen molar-refractivity contribution < 1.29 is 22.5 Å². The number of fused-ring (bicyclic) bond motifs is 1. The maximum Gasteiger partial charge on any atom is 0.418 e. The highest BCUT2D eigenvalue weighted by Crippen LogP contribution is 2.34. The van der Waals surface area contributed by atoms with E-state index in [0.717, 1.165) is 17.2 Å². The molecule has 4 nitrogen and oxygen atoms in total. The molecule has 7 heteroatoms. The number of hydrogen-bond acceptors (Lipinski definition) is 3. The average molecular weight is 348 g/mol. The lowest BCUT2D eigenvalue weighted by Crippen LogP contribution is -2.18. The molecule has 0 fully saturated rings. The number of benzene rings is 2. The minimum Gasteiger partial charge on any atom is -0.356 e. The molecule has 1 N–H and O–H groups in total. The normalized spacial score (nSPS) is 11.7. The number of hydrogen-bond donors (Lipinski definition) is 1. The molecule has 0 aliphatic carbocycles. The maximum atomic E-state index is 13.0. The van der Waals surface area contributed by atoms with Crippen LogP contribution in [0, 0.1) is 13.8 Å². The summed E-state index contributed by atoms with van der Waals surface area (Å²) in [4.78, 5) is 12.2. The highest BCUT2D eigenvalue weighted by molar-refractivity contribution is 5.96. The van der Waals surface area contributed by atoms with Gasteiger partial charge >= 0.3 is 6.18 Å². The fourth-order valence-corrected chi connectivity index (χ4v) is 2.83. The number of para-hydroxylation sites is 1. The summed E-state index contributed by atoms with van der Waals surface area (Å²) in [5.74, 6) is -0.591. The first-order valence-corrected chi connectivity index (χ1v) is 7.57. The first kappa shape index (κ1) is 17.0. The summed E-state index contributed by atoms with van der Waals surface area (Å²) in [5.41, 5.74) is 1.68. The number of anilines is 1. The predicted octanol–water partition coefficient (Wildman–Crippen LogP) is 4.64. The van der Waals surface area contributed by atoms with Crippen LogP contribution >= 0.6 is 0 Å². The average Bonchev–Trinajstić information content (AvgIpc) is 2.89.